The van der Waals surface area contributed by atoms with Crippen molar-refractivity contribution in [2.45, 2.75) is 51.5 Å². The first-order chi connectivity index (χ1) is 11.3. The molecule has 0 aromatic heterocycles. The van der Waals surface area contributed by atoms with Crippen LogP contribution in [-0.4, -0.2) is 62.3 Å². The summed E-state index contributed by atoms with van der Waals surface area (Å²) in [7, 11) is 1.29. The molecule has 0 aliphatic carbocycles. The molecule has 1 fully saturated rings. The Labute approximate surface area is 137 Å². The number of hydrogen-bond acceptors (Lipinski definition) is 9. The van der Waals surface area contributed by atoms with Crippen LogP contribution in [0.3, 0.4) is 0 Å². The Hall–Kier alpha value is -2.36. The van der Waals surface area contributed by atoms with Crippen molar-refractivity contribution in [3.05, 3.63) is 10.4 Å². The van der Waals surface area contributed by atoms with E-state index in [0.29, 0.717) is 0 Å². The second-order valence-electron chi connectivity index (χ2n) is 4.91. The van der Waals surface area contributed by atoms with Crippen LogP contribution in [0, 0.1) is 0 Å². The number of methoxy groups -OCH3 is 1. The molecule has 5 atom stereocenters. The van der Waals surface area contributed by atoms with Crippen LogP contribution in [0.1, 0.15) is 20.8 Å². The lowest BCUT2D eigenvalue weighted by atomic mass is 9.98. The summed E-state index contributed by atoms with van der Waals surface area (Å²) in [6.07, 6.45) is -5.56. The Morgan fingerprint density at radius 3 is 1.96 bits per heavy atom. The second-order valence-corrected chi connectivity index (χ2v) is 4.91. The molecule has 11 nitrogen and oxygen atoms in total. The third-order valence-electron chi connectivity index (χ3n) is 3.05. The molecule has 1 aliphatic heterocycles. The standard InChI is InChI=1S/C13H19N3O8/c1-6(17)21-10-9(5-15-16-14)24-13(20-4)12(23-8(3)19)11(10)22-7(2)18/h9-13H,5H2,1-4H3. The smallest absolute Gasteiger partial charge is 0.303 e. The molecular formula is C13H19N3O8. The lowest BCUT2D eigenvalue weighted by Gasteiger charge is -2.43. The first kappa shape index (κ1) is 19.7. The maximum absolute atomic E-state index is 11.4. The molecule has 0 bridgehead atoms. The van der Waals surface area contributed by atoms with Crippen LogP contribution in [0.5, 0.6) is 0 Å². The maximum atomic E-state index is 11.4. The Morgan fingerprint density at radius 2 is 1.50 bits per heavy atom. The molecule has 0 amide bonds. The highest BCUT2D eigenvalue weighted by atomic mass is 16.7. The monoisotopic (exact) mass is 345 g/mol. The van der Waals surface area contributed by atoms with E-state index in [1.54, 1.807) is 0 Å². The zero-order chi connectivity index (χ0) is 18.3. The lowest BCUT2D eigenvalue weighted by molar-refractivity contribution is -0.296. The molecule has 0 aromatic carbocycles. The van der Waals surface area contributed by atoms with Crippen molar-refractivity contribution in [3.63, 3.8) is 0 Å². The predicted molar refractivity (Wildman–Crippen MR) is 76.3 cm³/mol. The fraction of sp³-hybridized carbons (Fsp3) is 0.769. The molecule has 5 unspecified atom stereocenters. The SMILES string of the molecule is COC1OC(CN=[N+]=[N-])C(OC(C)=O)C(OC(C)=O)C1OC(C)=O. The quantitative estimate of drug-likeness (QED) is 0.222. The van der Waals surface area contributed by atoms with Gasteiger partial charge in [-0.3, -0.25) is 14.4 Å². The minimum Gasteiger partial charge on any atom is -0.456 e. The third kappa shape index (κ3) is 5.37. The largest absolute Gasteiger partial charge is 0.456 e. The van der Waals surface area contributed by atoms with Crippen LogP contribution in [-0.2, 0) is 38.1 Å². The lowest BCUT2D eigenvalue weighted by Crippen LogP contribution is -2.62. The molecule has 0 saturated carbocycles. The normalized spacial score (nSPS) is 29.1. The van der Waals surface area contributed by atoms with Crippen LogP contribution in [0.2, 0.25) is 0 Å². The molecule has 0 aromatic rings. The van der Waals surface area contributed by atoms with Crippen molar-refractivity contribution < 1.29 is 38.1 Å². The Kier molecular flexibility index (Phi) is 7.43. The molecule has 1 rings (SSSR count). The van der Waals surface area contributed by atoms with Gasteiger partial charge in [-0.25, -0.2) is 0 Å². The van der Waals surface area contributed by atoms with Gasteiger partial charge in [0.25, 0.3) is 0 Å². The van der Waals surface area contributed by atoms with Crippen LogP contribution >= 0.6 is 0 Å². The zero-order valence-corrected chi connectivity index (χ0v) is 13.7. The number of rotatable bonds is 6. The first-order valence-corrected chi connectivity index (χ1v) is 7.01. The topological polar surface area (TPSA) is 146 Å². The fourth-order valence-electron chi connectivity index (χ4n) is 2.31. The number of carbonyl (C=O) groups is 3. The van der Waals surface area contributed by atoms with Gasteiger partial charge in [-0.1, -0.05) is 5.11 Å². The van der Waals surface area contributed by atoms with Gasteiger partial charge >= 0.3 is 17.9 Å². The fourth-order valence-corrected chi connectivity index (χ4v) is 2.31. The van der Waals surface area contributed by atoms with Crippen LogP contribution in [0.25, 0.3) is 10.4 Å². The highest BCUT2D eigenvalue weighted by Crippen LogP contribution is 2.29. The molecule has 1 saturated heterocycles. The van der Waals surface area contributed by atoms with E-state index in [0.717, 1.165) is 20.8 Å². The van der Waals surface area contributed by atoms with Crippen molar-refractivity contribution in [2.24, 2.45) is 5.11 Å². The van der Waals surface area contributed by atoms with Crippen LogP contribution in [0.15, 0.2) is 5.11 Å². The molecule has 1 aliphatic rings. The van der Waals surface area contributed by atoms with Crippen molar-refractivity contribution in [3.8, 4) is 0 Å². The summed E-state index contributed by atoms with van der Waals surface area (Å²) in [5, 5.41) is 3.38. The summed E-state index contributed by atoms with van der Waals surface area (Å²) >= 11 is 0. The summed E-state index contributed by atoms with van der Waals surface area (Å²) in [6, 6.07) is 0. The molecule has 24 heavy (non-hydrogen) atoms. The van der Waals surface area contributed by atoms with Gasteiger partial charge in [0.1, 0.15) is 6.10 Å². The van der Waals surface area contributed by atoms with Gasteiger partial charge in [0.2, 0.25) is 0 Å². The van der Waals surface area contributed by atoms with E-state index >= 15 is 0 Å². The van der Waals surface area contributed by atoms with Gasteiger partial charge in [0.15, 0.2) is 24.6 Å². The van der Waals surface area contributed by atoms with Gasteiger partial charge in [-0.2, -0.15) is 0 Å². The number of hydrogen-bond donors (Lipinski definition) is 0. The van der Waals surface area contributed by atoms with Gasteiger partial charge in [-0.15, -0.1) is 0 Å². The van der Waals surface area contributed by atoms with E-state index in [1.807, 2.05) is 0 Å². The number of esters is 3. The number of carbonyl (C=O) groups excluding carboxylic acids is 3. The molecular weight excluding hydrogens is 326 g/mol. The second kappa shape index (κ2) is 9.06. The van der Waals surface area contributed by atoms with Crippen molar-refractivity contribution >= 4 is 17.9 Å². The van der Waals surface area contributed by atoms with E-state index < -0.39 is 48.6 Å². The van der Waals surface area contributed by atoms with Crippen LogP contribution in [0.4, 0.5) is 0 Å². The average Bonchev–Trinajstić information content (AvgIpc) is 2.48. The summed E-state index contributed by atoms with van der Waals surface area (Å²) in [5.41, 5.74) is 8.48. The molecule has 0 radical (unpaired) electrons. The summed E-state index contributed by atoms with van der Waals surface area (Å²) < 4.78 is 26.1. The van der Waals surface area contributed by atoms with Gasteiger partial charge < -0.3 is 23.7 Å². The van der Waals surface area contributed by atoms with Gasteiger partial charge in [0.05, 0.1) is 6.54 Å². The summed E-state index contributed by atoms with van der Waals surface area (Å²) in [6.45, 7) is 3.25. The third-order valence-corrected chi connectivity index (χ3v) is 3.05. The molecule has 11 heteroatoms. The Morgan fingerprint density at radius 1 is 1.00 bits per heavy atom. The van der Waals surface area contributed by atoms with Gasteiger partial charge in [-0.05, 0) is 5.53 Å². The minimum absolute atomic E-state index is 0.209. The van der Waals surface area contributed by atoms with Gasteiger partial charge in [0, 0.05) is 32.8 Å². The van der Waals surface area contributed by atoms with Crippen LogP contribution < -0.4 is 0 Å². The van der Waals surface area contributed by atoms with E-state index in [-0.39, 0.29) is 6.54 Å². The van der Waals surface area contributed by atoms with Crippen molar-refractivity contribution in [2.75, 3.05) is 13.7 Å². The molecule has 0 N–H and O–H groups in total. The van der Waals surface area contributed by atoms with E-state index in [9.17, 15) is 14.4 Å². The number of ether oxygens (including phenoxy) is 5. The minimum atomic E-state index is -1.19. The predicted octanol–water partition coefficient (Wildman–Crippen LogP) is 0.463. The summed E-state index contributed by atoms with van der Waals surface area (Å²) in [5.74, 6) is -2.03. The molecule has 1 heterocycles. The van der Waals surface area contributed by atoms with E-state index in [1.165, 1.54) is 7.11 Å². The Balaban J connectivity index is 3.22. The number of nitrogens with zero attached hydrogens (tertiary/aromatic N) is 3. The van der Waals surface area contributed by atoms with E-state index in [2.05, 4.69) is 10.0 Å². The highest BCUT2D eigenvalue weighted by Gasteiger charge is 2.51. The molecule has 134 valence electrons. The maximum Gasteiger partial charge on any atom is 0.303 e. The first-order valence-electron chi connectivity index (χ1n) is 7.01. The van der Waals surface area contributed by atoms with Crippen molar-refractivity contribution in [1.82, 2.24) is 0 Å². The Bertz CT molecular complexity index is 533. The molecule has 0 spiro atoms. The average molecular weight is 345 g/mol. The summed E-state index contributed by atoms with van der Waals surface area (Å²) in [4.78, 5) is 36.8. The number of azide groups is 1. The zero-order valence-electron chi connectivity index (χ0n) is 13.7. The van der Waals surface area contributed by atoms with Crippen molar-refractivity contribution in [1.29, 1.82) is 0 Å². The van der Waals surface area contributed by atoms with E-state index in [4.69, 9.17) is 29.2 Å². The highest BCUT2D eigenvalue weighted by molar-refractivity contribution is 5.68.